The molecule has 2 aliphatic rings. The zero-order valence-corrected chi connectivity index (χ0v) is 14.9. The van der Waals surface area contributed by atoms with Crippen LogP contribution in [0.3, 0.4) is 0 Å². The van der Waals surface area contributed by atoms with Gasteiger partial charge in [0.2, 0.25) is 0 Å². The van der Waals surface area contributed by atoms with Crippen molar-refractivity contribution in [2.75, 3.05) is 40.4 Å². The molecule has 2 heterocycles. The minimum absolute atomic E-state index is 0.00822. The second kappa shape index (κ2) is 7.64. The Hall–Kier alpha value is -1.43. The number of rotatable bonds is 5. The number of aryl methyl sites for hydroxylation is 1. The van der Waals surface area contributed by atoms with Gasteiger partial charge in [0.25, 0.3) is 5.91 Å². The number of hydrogen-bond donors (Lipinski definition) is 0. The number of likely N-dealkylation sites (N-methyl/N-ethyl adjacent to an activating group) is 1. The molecule has 0 N–H and O–H groups in total. The van der Waals surface area contributed by atoms with E-state index in [1.54, 1.807) is 0 Å². The number of amides is 1. The minimum Gasteiger partial charge on any atom is -0.373 e. The fourth-order valence-electron chi connectivity index (χ4n) is 3.64. The van der Waals surface area contributed by atoms with Crippen LogP contribution in [0.1, 0.15) is 28.8 Å². The van der Waals surface area contributed by atoms with Crippen LogP contribution in [0.15, 0.2) is 24.3 Å². The lowest BCUT2D eigenvalue weighted by Crippen LogP contribution is -2.44. The number of carbonyl (C=O) groups is 1. The molecule has 2 aliphatic heterocycles. The quantitative estimate of drug-likeness (QED) is 0.826. The molecular weight excluding hydrogens is 304 g/mol. The van der Waals surface area contributed by atoms with Crippen LogP contribution >= 0.6 is 0 Å². The Kier molecular flexibility index (Phi) is 5.54. The number of fused-ring (bicyclic) bond motifs is 1. The lowest BCUT2D eigenvalue weighted by Gasteiger charge is -2.32. The normalized spacial score (nSPS) is 26.7. The predicted octanol–water partition coefficient (Wildman–Crippen LogP) is 1.95. The number of ether oxygens (including phenoxy) is 2. The van der Waals surface area contributed by atoms with E-state index in [0.29, 0.717) is 13.2 Å². The second-order valence-corrected chi connectivity index (χ2v) is 7.03. The number of benzene rings is 1. The molecule has 0 saturated carbocycles. The van der Waals surface area contributed by atoms with E-state index >= 15 is 0 Å². The second-order valence-electron chi connectivity index (χ2n) is 7.03. The van der Waals surface area contributed by atoms with E-state index in [9.17, 15) is 4.79 Å². The van der Waals surface area contributed by atoms with E-state index in [2.05, 4.69) is 4.90 Å². The molecule has 1 amide bonds. The van der Waals surface area contributed by atoms with Gasteiger partial charge in [0.1, 0.15) is 12.2 Å². The first kappa shape index (κ1) is 17.4. The Morgan fingerprint density at radius 2 is 2.17 bits per heavy atom. The van der Waals surface area contributed by atoms with Crippen molar-refractivity contribution in [3.63, 3.8) is 0 Å². The maximum atomic E-state index is 13.1. The number of nitrogens with zero attached hydrogens (tertiary/aromatic N) is 2. The zero-order chi connectivity index (χ0) is 17.1. The highest BCUT2D eigenvalue weighted by molar-refractivity contribution is 5.96. The molecule has 0 radical (unpaired) electrons. The van der Waals surface area contributed by atoms with E-state index in [1.165, 1.54) is 0 Å². The topological polar surface area (TPSA) is 42.0 Å². The fraction of sp³-hybridized carbons (Fsp3) is 0.632. The van der Waals surface area contributed by atoms with Gasteiger partial charge in [-0.25, -0.2) is 0 Å². The van der Waals surface area contributed by atoms with Crippen LogP contribution in [-0.2, 0) is 9.47 Å². The minimum atomic E-state index is -0.0248. The molecule has 5 nitrogen and oxygen atoms in total. The van der Waals surface area contributed by atoms with Crippen molar-refractivity contribution in [2.45, 2.75) is 38.0 Å². The molecule has 0 bridgehead atoms. The molecular formula is C19H28N2O3. The highest BCUT2D eigenvalue weighted by Crippen LogP contribution is 2.32. The molecule has 5 heteroatoms. The maximum Gasteiger partial charge on any atom is 0.254 e. The molecule has 2 saturated heterocycles. The van der Waals surface area contributed by atoms with Crippen LogP contribution in [0.2, 0.25) is 0 Å². The summed E-state index contributed by atoms with van der Waals surface area (Å²) in [5, 5.41) is 0. The third-order valence-electron chi connectivity index (χ3n) is 4.98. The van der Waals surface area contributed by atoms with Gasteiger partial charge in [-0.2, -0.15) is 0 Å². The van der Waals surface area contributed by atoms with Gasteiger partial charge in [0.15, 0.2) is 0 Å². The Balaban J connectivity index is 1.73. The van der Waals surface area contributed by atoms with E-state index in [0.717, 1.165) is 37.1 Å². The molecule has 1 aromatic rings. The summed E-state index contributed by atoms with van der Waals surface area (Å²) in [7, 11) is 4.07. The number of likely N-dealkylation sites (tertiary alicyclic amines) is 1. The Morgan fingerprint density at radius 3 is 2.92 bits per heavy atom. The van der Waals surface area contributed by atoms with Gasteiger partial charge in [0.05, 0.1) is 19.2 Å². The standard InChI is InChI=1S/C19H28N2O3/c1-14-7-4-5-8-15(14)19(22)21-13-17(23-12-10-20(2)3)18-16(21)9-6-11-24-18/h4-5,7-8,16-18H,6,9-13H2,1-3H3/t16-,17+,18+/m0/s1. The molecule has 0 unspecified atom stereocenters. The Bertz CT molecular complexity index is 575. The number of hydrogen-bond acceptors (Lipinski definition) is 4. The van der Waals surface area contributed by atoms with Gasteiger partial charge in [-0.1, -0.05) is 18.2 Å². The molecule has 3 atom stereocenters. The first-order valence-electron chi connectivity index (χ1n) is 8.82. The van der Waals surface area contributed by atoms with Gasteiger partial charge < -0.3 is 19.3 Å². The maximum absolute atomic E-state index is 13.1. The Labute approximate surface area is 144 Å². The molecule has 0 aromatic heterocycles. The van der Waals surface area contributed by atoms with Crippen LogP contribution in [0, 0.1) is 6.92 Å². The largest absolute Gasteiger partial charge is 0.373 e. The molecule has 3 rings (SSSR count). The third kappa shape index (κ3) is 3.63. The average Bonchev–Trinajstić information content (AvgIpc) is 2.93. The highest BCUT2D eigenvalue weighted by Gasteiger charge is 2.46. The Morgan fingerprint density at radius 1 is 1.38 bits per heavy atom. The molecule has 24 heavy (non-hydrogen) atoms. The van der Waals surface area contributed by atoms with Crippen molar-refractivity contribution in [3.8, 4) is 0 Å². The lowest BCUT2D eigenvalue weighted by atomic mass is 10.0. The van der Waals surface area contributed by atoms with Gasteiger partial charge >= 0.3 is 0 Å². The summed E-state index contributed by atoms with van der Waals surface area (Å²) in [6.07, 6.45) is 1.98. The molecule has 0 aliphatic carbocycles. The first-order chi connectivity index (χ1) is 11.6. The average molecular weight is 332 g/mol. The summed E-state index contributed by atoms with van der Waals surface area (Å²) in [6, 6.07) is 7.93. The molecule has 1 aromatic carbocycles. The summed E-state index contributed by atoms with van der Waals surface area (Å²) in [4.78, 5) is 17.1. The van der Waals surface area contributed by atoms with Crippen LogP contribution in [0.25, 0.3) is 0 Å². The zero-order valence-electron chi connectivity index (χ0n) is 14.9. The van der Waals surface area contributed by atoms with Crippen LogP contribution < -0.4 is 0 Å². The lowest BCUT2D eigenvalue weighted by molar-refractivity contribution is -0.0776. The summed E-state index contributed by atoms with van der Waals surface area (Å²) in [6.45, 7) is 4.91. The van der Waals surface area contributed by atoms with Crippen molar-refractivity contribution < 1.29 is 14.3 Å². The summed E-state index contributed by atoms with van der Waals surface area (Å²) in [5.41, 5.74) is 1.81. The van der Waals surface area contributed by atoms with Crippen LogP contribution in [0.5, 0.6) is 0 Å². The predicted molar refractivity (Wildman–Crippen MR) is 93.3 cm³/mol. The monoisotopic (exact) mass is 332 g/mol. The molecule has 0 spiro atoms. The van der Waals surface area contributed by atoms with Gasteiger partial charge in [-0.15, -0.1) is 0 Å². The third-order valence-corrected chi connectivity index (χ3v) is 4.98. The highest BCUT2D eigenvalue weighted by atomic mass is 16.5. The summed E-state index contributed by atoms with van der Waals surface area (Å²) < 4.78 is 12.1. The van der Waals surface area contributed by atoms with Gasteiger partial charge in [-0.3, -0.25) is 4.79 Å². The van der Waals surface area contributed by atoms with Crippen molar-refractivity contribution >= 4 is 5.91 Å². The van der Waals surface area contributed by atoms with E-state index in [-0.39, 0.29) is 24.2 Å². The van der Waals surface area contributed by atoms with Gasteiger partial charge in [-0.05, 0) is 45.5 Å². The smallest absolute Gasteiger partial charge is 0.254 e. The van der Waals surface area contributed by atoms with E-state index in [4.69, 9.17) is 9.47 Å². The summed E-state index contributed by atoms with van der Waals surface area (Å²) >= 11 is 0. The van der Waals surface area contributed by atoms with Gasteiger partial charge in [0, 0.05) is 18.7 Å². The van der Waals surface area contributed by atoms with Crippen molar-refractivity contribution in [1.29, 1.82) is 0 Å². The number of carbonyl (C=O) groups excluding carboxylic acids is 1. The molecule has 2 fully saturated rings. The van der Waals surface area contributed by atoms with E-state index < -0.39 is 0 Å². The first-order valence-corrected chi connectivity index (χ1v) is 8.82. The van der Waals surface area contributed by atoms with Crippen LogP contribution in [-0.4, -0.2) is 74.4 Å². The van der Waals surface area contributed by atoms with Crippen molar-refractivity contribution in [3.05, 3.63) is 35.4 Å². The van der Waals surface area contributed by atoms with Crippen molar-refractivity contribution in [2.24, 2.45) is 0 Å². The molecule has 132 valence electrons. The SMILES string of the molecule is Cc1ccccc1C(=O)N1C[C@@H](OCCN(C)C)[C@@H]2OCCC[C@@H]21. The van der Waals surface area contributed by atoms with E-state index in [1.807, 2.05) is 50.2 Å². The fourth-order valence-corrected chi connectivity index (χ4v) is 3.64. The van der Waals surface area contributed by atoms with Crippen LogP contribution in [0.4, 0.5) is 0 Å². The van der Waals surface area contributed by atoms with Crippen molar-refractivity contribution in [1.82, 2.24) is 9.80 Å². The summed E-state index contributed by atoms with van der Waals surface area (Å²) in [5.74, 6) is 0.104.